The third-order valence-corrected chi connectivity index (χ3v) is 2.70. The summed E-state index contributed by atoms with van der Waals surface area (Å²) in [5.74, 6) is -1.58. The number of hydrogen-bond acceptors (Lipinski definition) is 4. The van der Waals surface area contributed by atoms with E-state index in [0.717, 1.165) is 4.90 Å². The number of carbonyl (C=O) groups excluding carboxylic acids is 2. The van der Waals surface area contributed by atoms with Crippen LogP contribution in [-0.2, 0) is 14.3 Å². The van der Waals surface area contributed by atoms with Gasteiger partial charge in [-0.1, -0.05) is 0 Å². The lowest BCUT2D eigenvalue weighted by molar-refractivity contribution is -0.140. The fraction of sp³-hybridized carbons (Fsp3) is 0.667. The Morgan fingerprint density at radius 2 is 2.31 bits per heavy atom. The van der Waals surface area contributed by atoms with Crippen molar-refractivity contribution in [3.8, 4) is 0 Å². The van der Waals surface area contributed by atoms with E-state index in [2.05, 4.69) is 5.32 Å². The molecule has 2 rings (SSSR count). The Bertz CT molecular complexity index is 337. The molecule has 0 aromatic rings. The van der Waals surface area contributed by atoms with Crippen LogP contribution in [0.25, 0.3) is 0 Å². The number of nitrogens with one attached hydrogen (secondary N) is 1. The number of ether oxygens (including phenoxy) is 1. The van der Waals surface area contributed by atoms with Crippen LogP contribution < -0.4 is 5.32 Å². The molecule has 2 N–H and O–H groups in total. The van der Waals surface area contributed by atoms with Gasteiger partial charge in [0.05, 0.1) is 19.1 Å². The Balaban J connectivity index is 2.06. The van der Waals surface area contributed by atoms with Gasteiger partial charge in [0.1, 0.15) is 6.04 Å². The third kappa shape index (κ3) is 1.85. The lowest BCUT2D eigenvalue weighted by Crippen LogP contribution is -2.41. The minimum absolute atomic E-state index is 0.258. The first-order valence-electron chi connectivity index (χ1n) is 5.02. The first kappa shape index (κ1) is 10.9. The number of carbonyl (C=O) groups is 3. The molecule has 2 unspecified atom stereocenters. The van der Waals surface area contributed by atoms with Crippen molar-refractivity contribution in [3.05, 3.63) is 0 Å². The second-order valence-electron chi connectivity index (χ2n) is 3.83. The summed E-state index contributed by atoms with van der Waals surface area (Å²) in [6, 6.07) is -1.72. The van der Waals surface area contributed by atoms with E-state index in [1.54, 1.807) is 0 Å². The van der Waals surface area contributed by atoms with Crippen LogP contribution in [0.1, 0.15) is 12.8 Å². The van der Waals surface area contributed by atoms with Crippen LogP contribution in [0.5, 0.6) is 0 Å². The molecule has 7 heteroatoms. The number of hydrogen-bond donors (Lipinski definition) is 2. The van der Waals surface area contributed by atoms with Crippen LogP contribution in [0.3, 0.4) is 0 Å². The summed E-state index contributed by atoms with van der Waals surface area (Å²) >= 11 is 0. The van der Waals surface area contributed by atoms with Gasteiger partial charge in [-0.25, -0.2) is 4.79 Å². The van der Waals surface area contributed by atoms with E-state index in [0.29, 0.717) is 19.6 Å². The standard InChI is InChI=1S/C9H12N2O5/c12-7(13)3-6-8(14)11(9(15)10-6)5-1-2-16-4-5/h5-6H,1-4H2,(H,10,15)(H,12,13). The van der Waals surface area contributed by atoms with E-state index in [9.17, 15) is 14.4 Å². The third-order valence-electron chi connectivity index (χ3n) is 2.70. The number of aliphatic carboxylic acids is 1. The molecule has 2 saturated heterocycles. The molecule has 0 spiro atoms. The molecule has 0 bridgehead atoms. The Morgan fingerprint density at radius 1 is 1.56 bits per heavy atom. The molecule has 2 heterocycles. The summed E-state index contributed by atoms with van der Waals surface area (Å²) in [7, 11) is 0. The highest BCUT2D eigenvalue weighted by molar-refractivity contribution is 6.05. The van der Waals surface area contributed by atoms with Gasteiger partial charge in [-0.2, -0.15) is 0 Å². The molecule has 16 heavy (non-hydrogen) atoms. The Labute approximate surface area is 91.3 Å². The highest BCUT2D eigenvalue weighted by Crippen LogP contribution is 2.19. The predicted octanol–water partition coefficient (Wildman–Crippen LogP) is -0.830. The summed E-state index contributed by atoms with van der Waals surface area (Å²) in [5.41, 5.74) is 0. The van der Waals surface area contributed by atoms with Crippen LogP contribution in [0.4, 0.5) is 4.79 Å². The topological polar surface area (TPSA) is 95.9 Å². The lowest BCUT2D eigenvalue weighted by Gasteiger charge is -2.18. The van der Waals surface area contributed by atoms with Gasteiger partial charge in [0.25, 0.3) is 5.91 Å². The van der Waals surface area contributed by atoms with Crippen LogP contribution in [0, 0.1) is 0 Å². The van der Waals surface area contributed by atoms with Gasteiger partial charge in [0, 0.05) is 6.61 Å². The Hall–Kier alpha value is -1.63. The molecule has 2 aliphatic heterocycles. The van der Waals surface area contributed by atoms with Crippen LogP contribution in [-0.4, -0.2) is 53.2 Å². The second kappa shape index (κ2) is 4.09. The molecule has 88 valence electrons. The summed E-state index contributed by atoms with van der Waals surface area (Å²) in [5, 5.41) is 10.9. The molecule has 0 aromatic heterocycles. The average Bonchev–Trinajstić information content (AvgIpc) is 2.76. The number of urea groups is 1. The number of nitrogens with zero attached hydrogens (tertiary/aromatic N) is 1. The zero-order chi connectivity index (χ0) is 11.7. The van der Waals surface area contributed by atoms with Crippen molar-refractivity contribution in [2.45, 2.75) is 24.9 Å². The minimum atomic E-state index is -1.11. The summed E-state index contributed by atoms with van der Waals surface area (Å²) < 4.78 is 5.09. The molecule has 2 fully saturated rings. The predicted molar refractivity (Wildman–Crippen MR) is 50.6 cm³/mol. The molecule has 7 nitrogen and oxygen atoms in total. The van der Waals surface area contributed by atoms with Crippen LogP contribution in [0.2, 0.25) is 0 Å². The Morgan fingerprint density at radius 3 is 2.88 bits per heavy atom. The van der Waals surface area contributed by atoms with E-state index in [1.807, 2.05) is 0 Å². The van der Waals surface area contributed by atoms with Gasteiger partial charge < -0.3 is 15.2 Å². The highest BCUT2D eigenvalue weighted by atomic mass is 16.5. The maximum Gasteiger partial charge on any atom is 0.325 e. The maximum atomic E-state index is 11.8. The van der Waals surface area contributed by atoms with Crippen molar-refractivity contribution in [1.29, 1.82) is 0 Å². The van der Waals surface area contributed by atoms with Crippen molar-refractivity contribution in [3.63, 3.8) is 0 Å². The first-order valence-corrected chi connectivity index (χ1v) is 5.02. The fourth-order valence-electron chi connectivity index (χ4n) is 1.93. The molecular formula is C9H12N2O5. The fourth-order valence-corrected chi connectivity index (χ4v) is 1.93. The summed E-state index contributed by atoms with van der Waals surface area (Å²) in [6.45, 7) is 0.851. The normalized spacial score (nSPS) is 29.6. The molecule has 0 aliphatic carbocycles. The van der Waals surface area contributed by atoms with Gasteiger partial charge in [-0.05, 0) is 6.42 Å². The zero-order valence-corrected chi connectivity index (χ0v) is 8.51. The Kier molecular flexibility index (Phi) is 2.78. The number of rotatable bonds is 3. The van der Waals surface area contributed by atoms with Crippen molar-refractivity contribution in [2.75, 3.05) is 13.2 Å². The quantitative estimate of drug-likeness (QED) is 0.615. The van der Waals surface area contributed by atoms with Crippen LogP contribution in [0.15, 0.2) is 0 Å². The molecule has 0 saturated carbocycles. The van der Waals surface area contributed by atoms with E-state index < -0.39 is 23.9 Å². The van der Waals surface area contributed by atoms with Crippen molar-refractivity contribution < 1.29 is 24.2 Å². The van der Waals surface area contributed by atoms with Crippen molar-refractivity contribution in [2.24, 2.45) is 0 Å². The monoisotopic (exact) mass is 228 g/mol. The first-order chi connectivity index (χ1) is 7.59. The van der Waals surface area contributed by atoms with Gasteiger partial charge in [0.2, 0.25) is 0 Å². The molecule has 2 aliphatic rings. The molecule has 3 amide bonds. The van der Waals surface area contributed by atoms with Crippen LogP contribution >= 0.6 is 0 Å². The summed E-state index contributed by atoms with van der Waals surface area (Å²) in [4.78, 5) is 34.8. The second-order valence-corrected chi connectivity index (χ2v) is 3.83. The number of carboxylic acid groups (broad SMARTS) is 1. The lowest BCUT2D eigenvalue weighted by atomic mass is 10.2. The summed E-state index contributed by atoms with van der Waals surface area (Å²) in [6.07, 6.45) is 0.230. The van der Waals surface area contributed by atoms with Gasteiger partial charge in [-0.15, -0.1) is 0 Å². The molecular weight excluding hydrogens is 216 g/mol. The van der Waals surface area contributed by atoms with E-state index in [1.165, 1.54) is 0 Å². The maximum absolute atomic E-state index is 11.8. The number of imide groups is 1. The number of amides is 3. The zero-order valence-electron chi connectivity index (χ0n) is 8.51. The van der Waals surface area contributed by atoms with Gasteiger partial charge >= 0.3 is 12.0 Å². The van der Waals surface area contributed by atoms with Crippen molar-refractivity contribution in [1.82, 2.24) is 10.2 Å². The number of carboxylic acids is 1. The largest absolute Gasteiger partial charge is 0.481 e. The van der Waals surface area contributed by atoms with E-state index in [4.69, 9.17) is 9.84 Å². The minimum Gasteiger partial charge on any atom is -0.481 e. The smallest absolute Gasteiger partial charge is 0.325 e. The van der Waals surface area contributed by atoms with Gasteiger partial charge in [0.15, 0.2) is 0 Å². The average molecular weight is 228 g/mol. The highest BCUT2D eigenvalue weighted by Gasteiger charge is 2.43. The van der Waals surface area contributed by atoms with Crippen molar-refractivity contribution >= 4 is 17.9 Å². The van der Waals surface area contributed by atoms with E-state index >= 15 is 0 Å². The molecule has 0 aromatic carbocycles. The van der Waals surface area contributed by atoms with Gasteiger partial charge in [-0.3, -0.25) is 14.5 Å². The molecule has 0 radical (unpaired) electrons. The van der Waals surface area contributed by atoms with E-state index in [-0.39, 0.29) is 12.5 Å². The molecule has 2 atom stereocenters. The SMILES string of the molecule is O=C(O)CC1NC(=O)N(C2CCOC2)C1=O.